The van der Waals surface area contributed by atoms with Crippen LogP contribution in [0.5, 0.6) is 11.5 Å². The minimum atomic E-state index is -4.48. The van der Waals surface area contributed by atoms with E-state index in [1.54, 1.807) is 0 Å². The molecule has 0 aromatic heterocycles. The summed E-state index contributed by atoms with van der Waals surface area (Å²) in [6, 6.07) is 2.29. The van der Waals surface area contributed by atoms with Crippen LogP contribution in [0.2, 0.25) is 0 Å². The van der Waals surface area contributed by atoms with E-state index in [1.807, 2.05) is 0 Å². The zero-order valence-electron chi connectivity index (χ0n) is 6.72. The highest BCUT2D eigenvalue weighted by Crippen LogP contribution is 2.34. The Balaban J connectivity index is 3.53. The third-order valence-corrected chi connectivity index (χ3v) is 2.48. The molecular weight excluding hydrogens is 196 g/mol. The fourth-order valence-electron chi connectivity index (χ4n) is 0.870. The fourth-order valence-corrected chi connectivity index (χ4v) is 1.45. The molecule has 1 aromatic rings. The van der Waals surface area contributed by atoms with Crippen molar-refractivity contribution >= 4 is 10.1 Å². The molecule has 13 heavy (non-hydrogen) atoms. The minimum absolute atomic E-state index is 0.324. The van der Waals surface area contributed by atoms with Gasteiger partial charge in [-0.25, -0.2) is 0 Å². The Morgan fingerprint density at radius 2 is 1.69 bits per heavy atom. The standard InChI is InChI=1S/C7H8O5S/c1-4-2-3-5(13(10,11)12)7(9)6(4)8/h2-3,8-9H,1H3,(H,10,11,12). The van der Waals surface area contributed by atoms with Crippen LogP contribution in [0, 0.1) is 6.92 Å². The van der Waals surface area contributed by atoms with Gasteiger partial charge in [0.1, 0.15) is 4.90 Å². The van der Waals surface area contributed by atoms with Gasteiger partial charge in [0.2, 0.25) is 0 Å². The Morgan fingerprint density at radius 3 is 2.15 bits per heavy atom. The lowest BCUT2D eigenvalue weighted by atomic mass is 10.2. The molecule has 1 aromatic carbocycles. The predicted molar refractivity (Wildman–Crippen MR) is 44.3 cm³/mol. The summed E-state index contributed by atoms with van der Waals surface area (Å²) in [5.41, 5.74) is 0.324. The molecule has 0 amide bonds. The van der Waals surface area contributed by atoms with E-state index < -0.39 is 26.5 Å². The number of phenolic OH excluding ortho intramolecular Hbond substituents is 2. The summed E-state index contributed by atoms with van der Waals surface area (Å²) in [5.74, 6) is -1.38. The molecule has 0 unspecified atom stereocenters. The maximum atomic E-state index is 10.6. The Hall–Kier alpha value is -1.27. The number of aryl methyl sites for hydroxylation is 1. The molecule has 5 nitrogen and oxygen atoms in total. The molecule has 6 heteroatoms. The van der Waals surface area contributed by atoms with Crippen molar-refractivity contribution in [2.24, 2.45) is 0 Å². The molecule has 0 saturated heterocycles. The fraction of sp³-hybridized carbons (Fsp3) is 0.143. The minimum Gasteiger partial charge on any atom is -0.504 e. The molecule has 0 aliphatic rings. The van der Waals surface area contributed by atoms with Crippen molar-refractivity contribution in [1.29, 1.82) is 0 Å². The van der Waals surface area contributed by atoms with Crippen LogP contribution in [-0.2, 0) is 10.1 Å². The van der Waals surface area contributed by atoms with Crippen LogP contribution in [0.3, 0.4) is 0 Å². The Morgan fingerprint density at radius 1 is 1.15 bits per heavy atom. The van der Waals surface area contributed by atoms with E-state index in [0.717, 1.165) is 6.07 Å². The van der Waals surface area contributed by atoms with Crippen LogP contribution in [0.15, 0.2) is 17.0 Å². The SMILES string of the molecule is Cc1ccc(S(=O)(=O)O)c(O)c1O. The van der Waals surface area contributed by atoms with Gasteiger partial charge in [-0.3, -0.25) is 4.55 Å². The number of aromatic hydroxyl groups is 2. The van der Waals surface area contributed by atoms with Crippen molar-refractivity contribution in [3.8, 4) is 11.5 Å². The Labute approximate surface area is 75.0 Å². The van der Waals surface area contributed by atoms with Crippen LogP contribution in [0.4, 0.5) is 0 Å². The maximum absolute atomic E-state index is 10.6. The third kappa shape index (κ3) is 1.73. The highest BCUT2D eigenvalue weighted by molar-refractivity contribution is 7.86. The number of phenols is 2. The molecule has 0 atom stereocenters. The van der Waals surface area contributed by atoms with Gasteiger partial charge in [-0.15, -0.1) is 0 Å². The highest BCUT2D eigenvalue weighted by atomic mass is 32.2. The van der Waals surface area contributed by atoms with E-state index in [-0.39, 0.29) is 0 Å². The molecule has 1 rings (SSSR count). The largest absolute Gasteiger partial charge is 0.504 e. The molecule has 0 aliphatic heterocycles. The first-order valence-corrected chi connectivity index (χ1v) is 4.77. The topological polar surface area (TPSA) is 94.8 Å². The summed E-state index contributed by atoms with van der Waals surface area (Å²) in [7, 11) is -4.48. The molecule has 72 valence electrons. The van der Waals surface area contributed by atoms with Crippen molar-refractivity contribution in [3.05, 3.63) is 17.7 Å². The van der Waals surface area contributed by atoms with Gasteiger partial charge in [0.15, 0.2) is 11.5 Å². The molecule has 0 saturated carbocycles. The first kappa shape index (κ1) is 9.82. The molecular formula is C7H8O5S. The number of rotatable bonds is 1. The average Bonchev–Trinajstić information content (AvgIpc) is 1.98. The van der Waals surface area contributed by atoms with Gasteiger partial charge in [-0.1, -0.05) is 6.07 Å². The first-order valence-electron chi connectivity index (χ1n) is 3.33. The first-order chi connectivity index (χ1) is 5.84. The van der Waals surface area contributed by atoms with Crippen molar-refractivity contribution < 1.29 is 23.2 Å². The van der Waals surface area contributed by atoms with Crippen molar-refractivity contribution in [3.63, 3.8) is 0 Å². The quantitative estimate of drug-likeness (QED) is 0.461. The van der Waals surface area contributed by atoms with Gasteiger partial charge in [-0.2, -0.15) is 8.42 Å². The number of hydrogen-bond acceptors (Lipinski definition) is 4. The molecule has 0 spiro atoms. The smallest absolute Gasteiger partial charge is 0.298 e. The molecule has 0 bridgehead atoms. The lowest BCUT2D eigenvalue weighted by Crippen LogP contribution is -1.98. The van der Waals surface area contributed by atoms with Crippen LogP contribution < -0.4 is 0 Å². The molecule has 0 aliphatic carbocycles. The molecule has 0 fully saturated rings. The van der Waals surface area contributed by atoms with Crippen molar-refractivity contribution in [1.82, 2.24) is 0 Å². The summed E-state index contributed by atoms with van der Waals surface area (Å²) in [4.78, 5) is -0.699. The summed E-state index contributed by atoms with van der Waals surface area (Å²) in [5, 5.41) is 18.2. The van der Waals surface area contributed by atoms with Crippen LogP contribution in [0.1, 0.15) is 5.56 Å². The summed E-state index contributed by atoms with van der Waals surface area (Å²) >= 11 is 0. The van der Waals surface area contributed by atoms with E-state index in [2.05, 4.69) is 0 Å². The van der Waals surface area contributed by atoms with Crippen LogP contribution in [-0.4, -0.2) is 23.2 Å². The zero-order chi connectivity index (χ0) is 10.2. The van der Waals surface area contributed by atoms with Gasteiger partial charge in [0, 0.05) is 0 Å². The average molecular weight is 204 g/mol. The monoisotopic (exact) mass is 204 g/mol. The zero-order valence-corrected chi connectivity index (χ0v) is 7.54. The summed E-state index contributed by atoms with van der Waals surface area (Å²) < 4.78 is 29.8. The predicted octanol–water partition coefficient (Wildman–Crippen LogP) is 0.653. The van der Waals surface area contributed by atoms with Crippen molar-refractivity contribution in [2.45, 2.75) is 11.8 Å². The number of hydrogen-bond donors (Lipinski definition) is 3. The van der Waals surface area contributed by atoms with E-state index >= 15 is 0 Å². The van der Waals surface area contributed by atoms with Gasteiger partial charge < -0.3 is 10.2 Å². The Bertz CT molecular complexity index is 434. The van der Waals surface area contributed by atoms with Gasteiger partial charge in [0.25, 0.3) is 10.1 Å². The van der Waals surface area contributed by atoms with Gasteiger partial charge >= 0.3 is 0 Å². The van der Waals surface area contributed by atoms with Crippen LogP contribution in [0.25, 0.3) is 0 Å². The van der Waals surface area contributed by atoms with Crippen LogP contribution >= 0.6 is 0 Å². The lowest BCUT2D eigenvalue weighted by molar-refractivity contribution is 0.386. The Kier molecular flexibility index (Phi) is 2.19. The van der Waals surface area contributed by atoms with E-state index in [1.165, 1.54) is 13.0 Å². The van der Waals surface area contributed by atoms with Gasteiger partial charge in [-0.05, 0) is 18.6 Å². The third-order valence-electron chi connectivity index (χ3n) is 1.59. The summed E-state index contributed by atoms with van der Waals surface area (Å²) in [6.45, 7) is 1.49. The maximum Gasteiger partial charge on any atom is 0.298 e. The summed E-state index contributed by atoms with van der Waals surface area (Å²) in [6.07, 6.45) is 0. The second-order valence-electron chi connectivity index (χ2n) is 2.55. The normalized spacial score (nSPS) is 11.5. The van der Waals surface area contributed by atoms with E-state index in [9.17, 15) is 8.42 Å². The second kappa shape index (κ2) is 2.90. The molecule has 0 heterocycles. The highest BCUT2D eigenvalue weighted by Gasteiger charge is 2.18. The lowest BCUT2D eigenvalue weighted by Gasteiger charge is -2.04. The van der Waals surface area contributed by atoms with E-state index in [0.29, 0.717) is 5.56 Å². The van der Waals surface area contributed by atoms with Gasteiger partial charge in [0.05, 0.1) is 0 Å². The second-order valence-corrected chi connectivity index (χ2v) is 3.94. The van der Waals surface area contributed by atoms with E-state index in [4.69, 9.17) is 14.8 Å². The molecule has 0 radical (unpaired) electrons. The van der Waals surface area contributed by atoms with Crippen molar-refractivity contribution in [2.75, 3.05) is 0 Å². The molecule has 3 N–H and O–H groups in total. The number of benzene rings is 1.